The van der Waals surface area contributed by atoms with Gasteiger partial charge in [-0.25, -0.2) is 8.42 Å². The molecule has 2 rings (SSSR count). The Morgan fingerprint density at radius 1 is 1.47 bits per heavy atom. The molecule has 0 radical (unpaired) electrons. The van der Waals surface area contributed by atoms with E-state index >= 15 is 0 Å². The third-order valence-electron chi connectivity index (χ3n) is 3.73. The Bertz CT molecular complexity index is 419. The number of thioether (sulfide) groups is 1. The van der Waals surface area contributed by atoms with Crippen molar-refractivity contribution < 1.29 is 13.2 Å². The zero-order valence-corrected chi connectivity index (χ0v) is 12.9. The Balaban J connectivity index is 1.91. The van der Waals surface area contributed by atoms with Gasteiger partial charge in [0.25, 0.3) is 0 Å². The zero-order valence-electron chi connectivity index (χ0n) is 11.3. The Morgan fingerprint density at radius 2 is 2.26 bits per heavy atom. The number of carbonyl (C=O) groups excluding carboxylic acids is 1. The van der Waals surface area contributed by atoms with Crippen LogP contribution in [0.15, 0.2) is 0 Å². The number of sulfone groups is 1. The molecule has 2 atom stereocenters. The molecule has 110 valence electrons. The lowest BCUT2D eigenvalue weighted by atomic mass is 10.1. The summed E-state index contributed by atoms with van der Waals surface area (Å²) in [4.78, 5) is 14.1. The van der Waals surface area contributed by atoms with Gasteiger partial charge in [0.15, 0.2) is 9.84 Å². The third kappa shape index (κ3) is 4.10. The predicted octanol–water partition coefficient (Wildman–Crippen LogP) is 0.117. The molecule has 0 aromatic carbocycles. The van der Waals surface area contributed by atoms with Crippen molar-refractivity contribution in [3.05, 3.63) is 0 Å². The first kappa shape index (κ1) is 15.1. The highest BCUT2D eigenvalue weighted by atomic mass is 32.2. The van der Waals surface area contributed by atoms with Crippen LogP contribution in [0, 0.1) is 0 Å². The van der Waals surface area contributed by atoms with Crippen molar-refractivity contribution in [3.63, 3.8) is 0 Å². The van der Waals surface area contributed by atoms with Gasteiger partial charge in [-0.15, -0.1) is 0 Å². The molecular weight excluding hydrogens is 284 g/mol. The van der Waals surface area contributed by atoms with Gasteiger partial charge in [-0.2, -0.15) is 11.8 Å². The minimum atomic E-state index is -2.93. The van der Waals surface area contributed by atoms with Crippen molar-refractivity contribution in [2.24, 2.45) is 0 Å². The summed E-state index contributed by atoms with van der Waals surface area (Å²) in [5.74, 6) is 2.51. The van der Waals surface area contributed by atoms with Gasteiger partial charge in [0.2, 0.25) is 5.91 Å². The molecule has 2 fully saturated rings. The Hall–Kier alpha value is -0.270. The van der Waals surface area contributed by atoms with Gasteiger partial charge in [0.05, 0.1) is 11.5 Å². The highest BCUT2D eigenvalue weighted by Gasteiger charge is 2.34. The lowest BCUT2D eigenvalue weighted by Gasteiger charge is -2.30. The topological polar surface area (TPSA) is 66.5 Å². The van der Waals surface area contributed by atoms with Gasteiger partial charge < -0.3 is 10.2 Å². The molecule has 2 unspecified atom stereocenters. The van der Waals surface area contributed by atoms with E-state index in [1.54, 1.807) is 4.90 Å². The minimum absolute atomic E-state index is 0.0876. The minimum Gasteiger partial charge on any atom is -0.339 e. The van der Waals surface area contributed by atoms with Gasteiger partial charge in [-0.05, 0) is 13.3 Å². The molecule has 0 aliphatic carbocycles. The van der Waals surface area contributed by atoms with E-state index in [4.69, 9.17) is 0 Å². The fourth-order valence-electron chi connectivity index (χ4n) is 2.74. The molecule has 0 spiro atoms. The maximum Gasteiger partial charge on any atom is 0.224 e. The molecule has 0 aromatic rings. The lowest BCUT2D eigenvalue weighted by molar-refractivity contribution is -0.133. The molecule has 2 aliphatic rings. The van der Waals surface area contributed by atoms with E-state index in [2.05, 4.69) is 5.32 Å². The maximum absolute atomic E-state index is 12.3. The fourth-order valence-corrected chi connectivity index (χ4v) is 5.42. The van der Waals surface area contributed by atoms with Gasteiger partial charge in [0, 0.05) is 43.1 Å². The first-order valence-electron chi connectivity index (χ1n) is 6.83. The SMILES string of the molecule is CCN(C(=O)CC1CSCCN1)C1CCS(=O)(=O)C1. The molecule has 7 heteroatoms. The average Bonchev–Trinajstić information content (AvgIpc) is 2.72. The molecule has 1 N–H and O–H groups in total. The molecular formula is C12H22N2O3S2. The van der Waals surface area contributed by atoms with Gasteiger partial charge in [0.1, 0.15) is 0 Å². The second-order valence-electron chi connectivity index (χ2n) is 5.17. The van der Waals surface area contributed by atoms with Crippen molar-refractivity contribution >= 4 is 27.5 Å². The van der Waals surface area contributed by atoms with Crippen LogP contribution in [-0.4, -0.2) is 67.4 Å². The second kappa shape index (κ2) is 6.45. The molecule has 2 heterocycles. The summed E-state index contributed by atoms with van der Waals surface area (Å²) in [7, 11) is -2.93. The number of hydrogen-bond donors (Lipinski definition) is 1. The van der Waals surface area contributed by atoms with Crippen LogP contribution in [0.2, 0.25) is 0 Å². The summed E-state index contributed by atoms with van der Waals surface area (Å²) in [6.45, 7) is 3.47. The number of carbonyl (C=O) groups is 1. The van der Waals surface area contributed by atoms with Crippen LogP contribution < -0.4 is 5.32 Å². The monoisotopic (exact) mass is 306 g/mol. The van der Waals surface area contributed by atoms with E-state index in [0.717, 1.165) is 18.1 Å². The maximum atomic E-state index is 12.3. The summed E-state index contributed by atoms with van der Waals surface area (Å²) in [5.41, 5.74) is 0. The van der Waals surface area contributed by atoms with Crippen LogP contribution in [0.1, 0.15) is 19.8 Å². The highest BCUT2D eigenvalue weighted by Crippen LogP contribution is 2.19. The zero-order chi connectivity index (χ0) is 13.9. The molecule has 0 aromatic heterocycles. The van der Waals surface area contributed by atoms with E-state index in [9.17, 15) is 13.2 Å². The van der Waals surface area contributed by atoms with Crippen molar-refractivity contribution in [2.75, 3.05) is 36.1 Å². The Morgan fingerprint density at radius 3 is 2.79 bits per heavy atom. The quantitative estimate of drug-likeness (QED) is 0.799. The van der Waals surface area contributed by atoms with Crippen LogP contribution in [-0.2, 0) is 14.6 Å². The second-order valence-corrected chi connectivity index (χ2v) is 8.55. The largest absolute Gasteiger partial charge is 0.339 e. The first-order valence-corrected chi connectivity index (χ1v) is 9.80. The number of nitrogens with one attached hydrogen (secondary N) is 1. The molecule has 5 nitrogen and oxygen atoms in total. The van der Waals surface area contributed by atoms with Crippen molar-refractivity contribution in [1.29, 1.82) is 0 Å². The van der Waals surface area contributed by atoms with E-state index in [0.29, 0.717) is 19.4 Å². The standard InChI is InChI=1S/C12H22N2O3S2/c1-2-14(11-3-6-19(16,17)9-11)12(15)7-10-8-18-5-4-13-10/h10-11,13H,2-9H2,1H3. The molecule has 19 heavy (non-hydrogen) atoms. The number of nitrogens with zero attached hydrogens (tertiary/aromatic N) is 1. The van der Waals surface area contributed by atoms with E-state index in [1.807, 2.05) is 18.7 Å². The van der Waals surface area contributed by atoms with Crippen LogP contribution in [0.5, 0.6) is 0 Å². The summed E-state index contributed by atoms with van der Waals surface area (Å²) in [5, 5.41) is 3.35. The van der Waals surface area contributed by atoms with Gasteiger partial charge >= 0.3 is 0 Å². The average molecular weight is 306 g/mol. The van der Waals surface area contributed by atoms with E-state index in [-0.39, 0.29) is 29.5 Å². The normalized spacial score (nSPS) is 30.2. The summed E-state index contributed by atoms with van der Waals surface area (Å²) < 4.78 is 23.0. The molecule has 2 saturated heterocycles. The van der Waals surface area contributed by atoms with Crippen LogP contribution in [0.25, 0.3) is 0 Å². The van der Waals surface area contributed by atoms with E-state index in [1.165, 1.54) is 0 Å². The highest BCUT2D eigenvalue weighted by molar-refractivity contribution is 7.99. The van der Waals surface area contributed by atoms with E-state index < -0.39 is 9.84 Å². The van der Waals surface area contributed by atoms with Crippen LogP contribution in [0.3, 0.4) is 0 Å². The molecule has 2 aliphatic heterocycles. The van der Waals surface area contributed by atoms with Crippen molar-refractivity contribution in [3.8, 4) is 0 Å². The van der Waals surface area contributed by atoms with Gasteiger partial charge in [-0.3, -0.25) is 4.79 Å². The number of hydrogen-bond acceptors (Lipinski definition) is 5. The number of rotatable bonds is 4. The van der Waals surface area contributed by atoms with Crippen LogP contribution in [0.4, 0.5) is 0 Å². The molecule has 0 saturated carbocycles. The molecule has 0 bridgehead atoms. The first-order chi connectivity index (χ1) is 9.02. The Kier molecular flexibility index (Phi) is 5.14. The summed E-state index contributed by atoms with van der Waals surface area (Å²) in [6.07, 6.45) is 1.08. The predicted molar refractivity (Wildman–Crippen MR) is 78.2 cm³/mol. The van der Waals surface area contributed by atoms with Crippen LogP contribution >= 0.6 is 11.8 Å². The summed E-state index contributed by atoms with van der Waals surface area (Å²) in [6, 6.07) is 0.122. The number of amides is 1. The fraction of sp³-hybridized carbons (Fsp3) is 0.917. The third-order valence-corrected chi connectivity index (χ3v) is 6.61. The van der Waals surface area contributed by atoms with Crippen molar-refractivity contribution in [1.82, 2.24) is 10.2 Å². The van der Waals surface area contributed by atoms with Gasteiger partial charge in [-0.1, -0.05) is 0 Å². The lowest BCUT2D eigenvalue weighted by Crippen LogP contribution is -2.46. The Labute approximate surface area is 119 Å². The van der Waals surface area contributed by atoms with Crippen molar-refractivity contribution in [2.45, 2.75) is 31.8 Å². The smallest absolute Gasteiger partial charge is 0.224 e. The summed E-state index contributed by atoms with van der Waals surface area (Å²) >= 11 is 1.87. The molecule has 1 amide bonds.